The smallest absolute Gasteiger partial charge is 0.107 e. The molecule has 88 valence electrons. The van der Waals surface area contributed by atoms with E-state index < -0.39 is 6.17 Å². The molecule has 1 fully saturated rings. The molecule has 0 aliphatic carbocycles. The number of rotatable bonds is 3. The highest BCUT2D eigenvalue weighted by Gasteiger charge is 2.23. The van der Waals surface area contributed by atoms with Crippen molar-refractivity contribution in [3.05, 3.63) is 33.4 Å². The van der Waals surface area contributed by atoms with Gasteiger partial charge in [-0.2, -0.15) is 0 Å². The van der Waals surface area contributed by atoms with E-state index >= 15 is 0 Å². The lowest BCUT2D eigenvalue weighted by molar-refractivity contribution is 0.187. The minimum atomic E-state index is -0.679. The van der Waals surface area contributed by atoms with Crippen LogP contribution in [0.2, 0.25) is 0 Å². The van der Waals surface area contributed by atoms with Gasteiger partial charge < -0.3 is 5.32 Å². The second-order valence-corrected chi connectivity index (χ2v) is 5.68. The zero-order chi connectivity index (χ0) is 11.4. The maximum absolute atomic E-state index is 14.0. The maximum atomic E-state index is 14.0. The first-order valence-electron chi connectivity index (χ1n) is 5.85. The monoisotopic (exact) mass is 333 g/mol. The van der Waals surface area contributed by atoms with Crippen molar-refractivity contribution in [3.63, 3.8) is 0 Å². The Morgan fingerprint density at radius 3 is 2.50 bits per heavy atom. The summed E-state index contributed by atoms with van der Waals surface area (Å²) in [5.74, 6) is 0.250. The van der Waals surface area contributed by atoms with Crippen molar-refractivity contribution in [2.75, 3.05) is 13.1 Å². The fourth-order valence-corrected chi connectivity index (χ4v) is 2.58. The standard InChI is InChI=1S/C13H17FIN/c14-13(11-5-7-16-8-6-11)9-10-1-3-12(15)4-2-10/h1-4,11,13,16H,5-9H2. The van der Waals surface area contributed by atoms with E-state index in [0.29, 0.717) is 6.42 Å². The van der Waals surface area contributed by atoms with Crippen LogP contribution in [0, 0.1) is 9.49 Å². The number of hydrogen-bond acceptors (Lipinski definition) is 1. The van der Waals surface area contributed by atoms with Crippen molar-refractivity contribution in [2.24, 2.45) is 5.92 Å². The zero-order valence-corrected chi connectivity index (χ0v) is 11.4. The second kappa shape index (κ2) is 5.96. The maximum Gasteiger partial charge on any atom is 0.107 e. The Balaban J connectivity index is 1.90. The molecule has 1 N–H and O–H groups in total. The first-order chi connectivity index (χ1) is 7.75. The third kappa shape index (κ3) is 3.42. The SMILES string of the molecule is FC(Cc1ccc(I)cc1)C1CCNCC1. The van der Waals surface area contributed by atoms with Gasteiger partial charge in [0.1, 0.15) is 6.17 Å². The topological polar surface area (TPSA) is 12.0 Å². The Hall–Kier alpha value is -0.160. The van der Waals surface area contributed by atoms with Crippen LogP contribution < -0.4 is 5.32 Å². The summed E-state index contributed by atoms with van der Waals surface area (Å²) in [6.45, 7) is 1.94. The van der Waals surface area contributed by atoms with E-state index in [1.165, 1.54) is 3.57 Å². The van der Waals surface area contributed by atoms with Crippen LogP contribution in [0.15, 0.2) is 24.3 Å². The summed E-state index contributed by atoms with van der Waals surface area (Å²) < 4.78 is 15.3. The average molecular weight is 333 g/mol. The molecule has 1 nitrogen and oxygen atoms in total. The van der Waals surface area contributed by atoms with Crippen molar-refractivity contribution in [2.45, 2.75) is 25.4 Å². The van der Waals surface area contributed by atoms with Crippen LogP contribution in [0.3, 0.4) is 0 Å². The number of nitrogens with one attached hydrogen (secondary N) is 1. The Labute approximate surface area is 110 Å². The first-order valence-corrected chi connectivity index (χ1v) is 6.93. The lowest BCUT2D eigenvalue weighted by Crippen LogP contribution is -2.33. The fourth-order valence-electron chi connectivity index (χ4n) is 2.22. The Morgan fingerprint density at radius 1 is 1.25 bits per heavy atom. The molecule has 1 aliphatic heterocycles. The summed E-state index contributed by atoms with van der Waals surface area (Å²) in [4.78, 5) is 0. The molecule has 1 heterocycles. The Kier molecular flexibility index (Phi) is 4.58. The van der Waals surface area contributed by atoms with E-state index in [0.717, 1.165) is 31.5 Å². The van der Waals surface area contributed by atoms with Crippen LogP contribution in [0.4, 0.5) is 4.39 Å². The van der Waals surface area contributed by atoms with E-state index in [-0.39, 0.29) is 5.92 Å². The Bertz CT molecular complexity index is 319. The van der Waals surface area contributed by atoms with Crippen molar-refractivity contribution < 1.29 is 4.39 Å². The van der Waals surface area contributed by atoms with Crippen LogP contribution in [0.25, 0.3) is 0 Å². The van der Waals surface area contributed by atoms with Gasteiger partial charge in [0.25, 0.3) is 0 Å². The lowest BCUT2D eigenvalue weighted by atomic mass is 9.90. The van der Waals surface area contributed by atoms with Gasteiger partial charge in [0.15, 0.2) is 0 Å². The van der Waals surface area contributed by atoms with Gasteiger partial charge in [0.05, 0.1) is 0 Å². The molecular weight excluding hydrogens is 316 g/mol. The number of hydrogen-bond donors (Lipinski definition) is 1. The zero-order valence-electron chi connectivity index (χ0n) is 9.26. The molecule has 1 aromatic rings. The summed E-state index contributed by atoms with van der Waals surface area (Å²) in [6.07, 6.45) is 1.85. The van der Waals surface area contributed by atoms with Crippen LogP contribution in [0.1, 0.15) is 18.4 Å². The van der Waals surface area contributed by atoms with E-state index in [4.69, 9.17) is 0 Å². The van der Waals surface area contributed by atoms with E-state index in [9.17, 15) is 4.39 Å². The molecule has 3 heteroatoms. The number of piperidine rings is 1. The molecule has 1 atom stereocenters. The molecule has 0 amide bonds. The summed E-state index contributed by atoms with van der Waals surface area (Å²) in [6, 6.07) is 8.17. The average Bonchev–Trinajstić information content (AvgIpc) is 2.33. The van der Waals surface area contributed by atoms with Crippen LogP contribution in [-0.4, -0.2) is 19.3 Å². The first kappa shape index (κ1) is 12.3. The molecule has 1 aliphatic rings. The Morgan fingerprint density at radius 2 is 1.88 bits per heavy atom. The second-order valence-electron chi connectivity index (χ2n) is 4.43. The highest BCUT2D eigenvalue weighted by Crippen LogP contribution is 2.22. The molecule has 1 aromatic carbocycles. The highest BCUT2D eigenvalue weighted by atomic mass is 127. The number of alkyl halides is 1. The molecule has 1 saturated heterocycles. The predicted molar refractivity (Wildman–Crippen MR) is 73.4 cm³/mol. The van der Waals surface area contributed by atoms with Gasteiger partial charge in [-0.05, 0) is 72.1 Å². The third-order valence-electron chi connectivity index (χ3n) is 3.24. The highest BCUT2D eigenvalue weighted by molar-refractivity contribution is 14.1. The van der Waals surface area contributed by atoms with E-state index in [1.54, 1.807) is 0 Å². The lowest BCUT2D eigenvalue weighted by Gasteiger charge is -2.25. The summed E-state index contributed by atoms with van der Waals surface area (Å²) in [5, 5.41) is 3.27. The summed E-state index contributed by atoms with van der Waals surface area (Å²) in [5.41, 5.74) is 1.12. The largest absolute Gasteiger partial charge is 0.317 e. The van der Waals surface area contributed by atoms with Crippen LogP contribution in [0.5, 0.6) is 0 Å². The van der Waals surface area contributed by atoms with Crippen LogP contribution in [-0.2, 0) is 6.42 Å². The molecule has 0 radical (unpaired) electrons. The number of halogens is 2. The van der Waals surface area contributed by atoms with Crippen molar-refractivity contribution in [1.29, 1.82) is 0 Å². The molecular formula is C13H17FIN. The minimum absolute atomic E-state index is 0.250. The van der Waals surface area contributed by atoms with Gasteiger partial charge in [-0.1, -0.05) is 12.1 Å². The predicted octanol–water partition coefficient (Wildman–Crippen LogP) is 3.17. The molecule has 0 aromatic heterocycles. The minimum Gasteiger partial charge on any atom is -0.317 e. The van der Waals surface area contributed by atoms with Gasteiger partial charge in [0.2, 0.25) is 0 Å². The number of benzene rings is 1. The van der Waals surface area contributed by atoms with Crippen LogP contribution >= 0.6 is 22.6 Å². The van der Waals surface area contributed by atoms with Crippen molar-refractivity contribution >= 4 is 22.6 Å². The normalized spacial score (nSPS) is 19.6. The van der Waals surface area contributed by atoms with E-state index in [2.05, 4.69) is 27.9 Å². The van der Waals surface area contributed by atoms with Gasteiger partial charge >= 0.3 is 0 Å². The fraction of sp³-hybridized carbons (Fsp3) is 0.538. The van der Waals surface area contributed by atoms with Gasteiger partial charge in [-0.25, -0.2) is 4.39 Å². The molecule has 0 saturated carbocycles. The molecule has 16 heavy (non-hydrogen) atoms. The third-order valence-corrected chi connectivity index (χ3v) is 3.96. The molecule has 0 bridgehead atoms. The molecule has 2 rings (SSSR count). The van der Waals surface area contributed by atoms with Crippen molar-refractivity contribution in [1.82, 2.24) is 5.32 Å². The summed E-state index contributed by atoms with van der Waals surface area (Å²) >= 11 is 2.27. The quantitative estimate of drug-likeness (QED) is 0.838. The van der Waals surface area contributed by atoms with Crippen molar-refractivity contribution in [3.8, 4) is 0 Å². The van der Waals surface area contributed by atoms with E-state index in [1.807, 2.05) is 24.3 Å². The van der Waals surface area contributed by atoms with Gasteiger partial charge in [-0.3, -0.25) is 0 Å². The van der Waals surface area contributed by atoms with Gasteiger partial charge in [-0.15, -0.1) is 0 Å². The van der Waals surface area contributed by atoms with Gasteiger partial charge in [0, 0.05) is 9.99 Å². The molecule has 1 unspecified atom stereocenters. The summed E-state index contributed by atoms with van der Waals surface area (Å²) in [7, 11) is 0. The molecule has 0 spiro atoms.